The molecule has 0 spiro atoms. The van der Waals surface area contributed by atoms with Crippen molar-refractivity contribution in [3.63, 3.8) is 0 Å². The maximum atomic E-state index is 13.8. The highest BCUT2D eigenvalue weighted by atomic mass is 32.2. The van der Waals surface area contributed by atoms with E-state index in [1.54, 1.807) is 13.2 Å². The summed E-state index contributed by atoms with van der Waals surface area (Å²) in [6, 6.07) is 11.3. The summed E-state index contributed by atoms with van der Waals surface area (Å²) < 4.78 is 39.9. The number of aryl methyl sites for hydroxylation is 2. The van der Waals surface area contributed by atoms with Crippen molar-refractivity contribution in [2.75, 3.05) is 13.7 Å². The van der Waals surface area contributed by atoms with Gasteiger partial charge in [-0.3, -0.25) is 4.79 Å². The van der Waals surface area contributed by atoms with Crippen LogP contribution in [0.5, 0.6) is 5.75 Å². The van der Waals surface area contributed by atoms with Crippen molar-refractivity contribution in [1.29, 1.82) is 0 Å². The molecule has 0 amide bonds. The van der Waals surface area contributed by atoms with E-state index in [-0.39, 0.29) is 17.9 Å². The Bertz CT molecular complexity index is 1100. The highest BCUT2D eigenvalue weighted by molar-refractivity contribution is 7.79. The van der Waals surface area contributed by atoms with Gasteiger partial charge in [-0.15, -0.1) is 0 Å². The molecule has 0 bridgehead atoms. The summed E-state index contributed by atoms with van der Waals surface area (Å²) in [6.07, 6.45) is 2.30. The van der Waals surface area contributed by atoms with Crippen LogP contribution < -0.4 is 10.2 Å². The van der Waals surface area contributed by atoms with Crippen molar-refractivity contribution in [2.45, 2.75) is 83.6 Å². The number of carbonyl (C=O) groups excluding carboxylic acids is 1. The van der Waals surface area contributed by atoms with Crippen LogP contribution in [0.4, 0.5) is 0 Å². The molecule has 3 rings (SSSR count). The maximum Gasteiger partial charge on any atom is 0.330 e. The van der Waals surface area contributed by atoms with Gasteiger partial charge in [-0.25, -0.2) is 4.21 Å². The molecule has 1 fully saturated rings. The number of ether oxygens (including phenoxy) is 2. The Morgan fingerprint density at radius 1 is 1.17 bits per heavy atom. The number of carbonyl (C=O) groups is 1. The lowest BCUT2D eigenvalue weighted by Gasteiger charge is -2.40. The van der Waals surface area contributed by atoms with Gasteiger partial charge in [0.1, 0.15) is 5.75 Å². The predicted octanol–water partition coefficient (Wildman–Crippen LogP) is 4.97. The second-order valence-corrected chi connectivity index (χ2v) is 11.8. The van der Waals surface area contributed by atoms with E-state index in [1.807, 2.05) is 71.9 Å². The topological polar surface area (TPSA) is 82.1 Å². The molecule has 1 heterocycles. The summed E-state index contributed by atoms with van der Waals surface area (Å²) in [4.78, 5) is 13.8. The number of hydrogen-bond acceptors (Lipinski definition) is 5. The van der Waals surface area contributed by atoms with E-state index in [1.165, 1.54) is 0 Å². The fourth-order valence-electron chi connectivity index (χ4n) is 4.49. The Kier molecular flexibility index (Phi) is 9.20. The standard InChI is InChI=1S/C28H39BO6S/c1-8-22(36(31)32)14-13-21-17-24(29-15-16-34-27(3,4)28(5,6)35-29)23(18-25(21)33-7)26(30)20-11-9-19(2)10-12-20/h9-12,17-18,22H,8,13-16H2,1-7H3,(H,31,32). The van der Waals surface area contributed by atoms with Crippen LogP contribution in [0.3, 0.4) is 0 Å². The van der Waals surface area contributed by atoms with E-state index in [0.29, 0.717) is 49.1 Å². The quantitative estimate of drug-likeness (QED) is 0.289. The largest absolute Gasteiger partial charge is 0.496 e. The fourth-order valence-corrected chi connectivity index (χ4v) is 5.09. The third-order valence-corrected chi connectivity index (χ3v) is 8.70. The summed E-state index contributed by atoms with van der Waals surface area (Å²) in [6.45, 7) is 12.1. The van der Waals surface area contributed by atoms with Gasteiger partial charge in [-0.2, -0.15) is 0 Å². The average Bonchev–Trinajstić information content (AvgIpc) is 2.93. The SMILES string of the molecule is CCC(CCc1cc(B2CCOC(C)(C)C(C)(C)O2)c(C(=O)c2ccc(C)cc2)cc1OC)S(=O)O. The van der Waals surface area contributed by atoms with Gasteiger partial charge < -0.3 is 18.7 Å². The molecule has 1 aliphatic heterocycles. The van der Waals surface area contributed by atoms with Gasteiger partial charge >= 0.3 is 6.92 Å². The highest BCUT2D eigenvalue weighted by Crippen LogP contribution is 2.34. The maximum absolute atomic E-state index is 13.8. The van der Waals surface area contributed by atoms with Crippen LogP contribution >= 0.6 is 0 Å². The van der Waals surface area contributed by atoms with Gasteiger partial charge in [0.15, 0.2) is 16.9 Å². The fraction of sp³-hybridized carbons (Fsp3) is 0.536. The molecule has 36 heavy (non-hydrogen) atoms. The molecule has 2 unspecified atom stereocenters. The van der Waals surface area contributed by atoms with Crippen molar-refractivity contribution in [2.24, 2.45) is 0 Å². The second-order valence-electron chi connectivity index (χ2n) is 10.6. The smallest absolute Gasteiger partial charge is 0.330 e. The zero-order chi connectivity index (χ0) is 26.7. The molecule has 6 nitrogen and oxygen atoms in total. The first kappa shape index (κ1) is 28.6. The Labute approximate surface area is 218 Å². The number of rotatable bonds is 9. The number of methoxy groups -OCH3 is 1. The minimum atomic E-state index is -1.89. The summed E-state index contributed by atoms with van der Waals surface area (Å²) in [7, 11) is 1.59. The van der Waals surface area contributed by atoms with E-state index in [9.17, 15) is 13.6 Å². The van der Waals surface area contributed by atoms with Gasteiger partial charge in [0.25, 0.3) is 0 Å². The van der Waals surface area contributed by atoms with Gasteiger partial charge in [0.2, 0.25) is 0 Å². The second kappa shape index (κ2) is 11.6. The molecule has 2 aromatic rings. The van der Waals surface area contributed by atoms with E-state index in [4.69, 9.17) is 14.1 Å². The van der Waals surface area contributed by atoms with Gasteiger partial charge in [0, 0.05) is 17.7 Å². The molecular weight excluding hydrogens is 475 g/mol. The summed E-state index contributed by atoms with van der Waals surface area (Å²) in [5.41, 5.74) is 2.81. The molecule has 2 aromatic carbocycles. The minimum absolute atomic E-state index is 0.0939. The number of benzene rings is 2. The van der Waals surface area contributed by atoms with Crippen molar-refractivity contribution in [3.05, 3.63) is 58.7 Å². The Morgan fingerprint density at radius 3 is 2.42 bits per heavy atom. The Morgan fingerprint density at radius 2 is 1.83 bits per heavy atom. The monoisotopic (exact) mass is 514 g/mol. The molecule has 1 saturated heterocycles. The zero-order valence-corrected chi connectivity index (χ0v) is 23.4. The van der Waals surface area contributed by atoms with E-state index >= 15 is 0 Å². The molecule has 1 N–H and O–H groups in total. The molecular formula is C28H39BO6S. The third kappa shape index (κ3) is 6.28. The molecule has 0 aliphatic carbocycles. The van der Waals surface area contributed by atoms with Crippen molar-refractivity contribution in [3.8, 4) is 5.75 Å². The summed E-state index contributed by atoms with van der Waals surface area (Å²) in [5.74, 6) is 0.501. The lowest BCUT2D eigenvalue weighted by molar-refractivity contribution is -0.120. The summed E-state index contributed by atoms with van der Waals surface area (Å²) in [5, 5.41) is -0.325. The molecule has 1 aliphatic rings. The first-order valence-electron chi connectivity index (χ1n) is 12.6. The molecule has 196 valence electrons. The van der Waals surface area contributed by atoms with E-state index in [0.717, 1.165) is 16.6 Å². The van der Waals surface area contributed by atoms with Crippen LogP contribution in [0.25, 0.3) is 0 Å². The van der Waals surface area contributed by atoms with Crippen molar-refractivity contribution < 1.29 is 27.7 Å². The van der Waals surface area contributed by atoms with Crippen molar-refractivity contribution in [1.82, 2.24) is 0 Å². The van der Waals surface area contributed by atoms with Gasteiger partial charge in [0.05, 0.1) is 23.6 Å². The van der Waals surface area contributed by atoms with Crippen LogP contribution in [-0.4, -0.2) is 51.6 Å². The molecule has 0 saturated carbocycles. The Balaban J connectivity index is 2.11. The predicted molar refractivity (Wildman–Crippen MR) is 146 cm³/mol. The normalized spacial score (nSPS) is 18.8. The first-order valence-corrected chi connectivity index (χ1v) is 13.8. The minimum Gasteiger partial charge on any atom is -0.496 e. The Hall–Kier alpha value is -2.00. The van der Waals surface area contributed by atoms with Crippen molar-refractivity contribution >= 4 is 29.2 Å². The van der Waals surface area contributed by atoms with Gasteiger partial charge in [-0.05, 0) is 77.3 Å². The zero-order valence-electron chi connectivity index (χ0n) is 22.6. The number of hydrogen-bond donors (Lipinski definition) is 1. The number of ketones is 1. The van der Waals surface area contributed by atoms with Crippen LogP contribution in [0.15, 0.2) is 36.4 Å². The summed E-state index contributed by atoms with van der Waals surface area (Å²) >= 11 is -1.89. The van der Waals surface area contributed by atoms with E-state index in [2.05, 4.69) is 0 Å². The molecule has 0 aromatic heterocycles. The molecule has 2 atom stereocenters. The van der Waals surface area contributed by atoms with Crippen LogP contribution in [0, 0.1) is 6.92 Å². The van der Waals surface area contributed by atoms with E-state index < -0.39 is 22.3 Å². The third-order valence-electron chi connectivity index (χ3n) is 7.56. The highest BCUT2D eigenvalue weighted by Gasteiger charge is 2.45. The van der Waals surface area contributed by atoms with Crippen LogP contribution in [-0.2, 0) is 26.9 Å². The van der Waals surface area contributed by atoms with Crippen LogP contribution in [0.1, 0.15) is 74.5 Å². The van der Waals surface area contributed by atoms with Crippen LogP contribution in [0.2, 0.25) is 6.32 Å². The molecule has 8 heteroatoms. The lowest BCUT2D eigenvalue weighted by atomic mass is 9.55. The first-order chi connectivity index (χ1) is 16.9. The lowest BCUT2D eigenvalue weighted by Crippen LogP contribution is -2.52. The average molecular weight is 514 g/mol. The van der Waals surface area contributed by atoms with Gasteiger partial charge in [-0.1, -0.05) is 42.8 Å². The molecule has 0 radical (unpaired) electrons.